The molecule has 0 aliphatic rings. The highest BCUT2D eigenvalue weighted by atomic mass is 16.4. The first-order valence-electron chi connectivity index (χ1n) is 7.03. The topological polar surface area (TPSA) is 62.2 Å². The van der Waals surface area contributed by atoms with E-state index in [1.165, 1.54) is 5.56 Å². The second-order valence-electron chi connectivity index (χ2n) is 5.37. The molecule has 0 saturated carbocycles. The van der Waals surface area contributed by atoms with Crippen LogP contribution < -0.4 is 5.32 Å². The van der Waals surface area contributed by atoms with Crippen molar-refractivity contribution in [2.75, 3.05) is 5.32 Å². The molecule has 2 rings (SSSR count). The summed E-state index contributed by atoms with van der Waals surface area (Å²) < 4.78 is 0. The summed E-state index contributed by atoms with van der Waals surface area (Å²) in [6.07, 6.45) is 3.40. The van der Waals surface area contributed by atoms with Crippen molar-refractivity contribution < 1.29 is 9.90 Å². The second kappa shape index (κ2) is 6.39. The van der Waals surface area contributed by atoms with Crippen molar-refractivity contribution in [3.63, 3.8) is 0 Å². The Kier molecular flexibility index (Phi) is 4.58. The van der Waals surface area contributed by atoms with E-state index in [0.29, 0.717) is 5.92 Å². The predicted octanol–water partition coefficient (Wildman–Crippen LogP) is 3.76. The van der Waals surface area contributed by atoms with Crippen LogP contribution in [0.2, 0.25) is 0 Å². The maximum atomic E-state index is 11.0. The molecule has 0 radical (unpaired) electrons. The molecule has 1 aromatic carbocycles. The van der Waals surface area contributed by atoms with Gasteiger partial charge in [0.15, 0.2) is 0 Å². The molecule has 1 atom stereocenters. The van der Waals surface area contributed by atoms with Gasteiger partial charge in [-0.1, -0.05) is 38.1 Å². The van der Waals surface area contributed by atoms with Gasteiger partial charge in [-0.25, -0.2) is 0 Å². The van der Waals surface area contributed by atoms with Crippen LogP contribution in [0.25, 0.3) is 11.1 Å². The molecule has 110 valence electrons. The quantitative estimate of drug-likeness (QED) is 0.877. The number of hydrogen-bond acceptors (Lipinski definition) is 3. The molecule has 0 saturated heterocycles. The first kappa shape index (κ1) is 15.0. The van der Waals surface area contributed by atoms with Crippen LogP contribution in [0.1, 0.15) is 32.3 Å². The van der Waals surface area contributed by atoms with Crippen LogP contribution in [-0.4, -0.2) is 22.1 Å². The standard InChI is InChI=1S/C17H20N2O2/c1-11(2)13-6-4-5-7-14(13)15-8-9-18-10-16(15)19-12(3)17(20)21/h4-12,19H,1-3H3,(H,20,21)/t12-/m0/s1. The average Bonchev–Trinajstić information content (AvgIpc) is 2.47. The Morgan fingerprint density at radius 3 is 2.52 bits per heavy atom. The molecule has 1 aromatic heterocycles. The van der Waals surface area contributed by atoms with E-state index in [1.807, 2.05) is 18.2 Å². The van der Waals surface area contributed by atoms with Gasteiger partial charge in [-0.15, -0.1) is 0 Å². The number of nitrogens with zero attached hydrogens (tertiary/aromatic N) is 1. The Hall–Kier alpha value is -2.36. The number of hydrogen-bond donors (Lipinski definition) is 2. The lowest BCUT2D eigenvalue weighted by atomic mass is 9.92. The number of rotatable bonds is 5. The number of anilines is 1. The van der Waals surface area contributed by atoms with Crippen molar-refractivity contribution in [2.24, 2.45) is 0 Å². The van der Waals surface area contributed by atoms with E-state index in [1.54, 1.807) is 19.3 Å². The molecular formula is C17H20N2O2. The van der Waals surface area contributed by atoms with Gasteiger partial charge in [0.2, 0.25) is 0 Å². The summed E-state index contributed by atoms with van der Waals surface area (Å²) in [5.41, 5.74) is 4.05. The van der Waals surface area contributed by atoms with E-state index in [2.05, 4.69) is 36.3 Å². The third kappa shape index (κ3) is 3.40. The third-order valence-corrected chi connectivity index (χ3v) is 3.44. The molecule has 0 bridgehead atoms. The summed E-state index contributed by atoms with van der Waals surface area (Å²) in [5, 5.41) is 12.1. The van der Waals surface area contributed by atoms with Crippen molar-refractivity contribution >= 4 is 11.7 Å². The summed E-state index contributed by atoms with van der Waals surface area (Å²) in [6, 6.07) is 9.42. The summed E-state index contributed by atoms with van der Waals surface area (Å²) in [5.74, 6) is -0.499. The molecule has 2 aromatic rings. The number of benzene rings is 1. The molecule has 0 unspecified atom stereocenters. The SMILES string of the molecule is CC(C)c1ccccc1-c1ccncc1N[C@@H](C)C(=O)O. The third-order valence-electron chi connectivity index (χ3n) is 3.44. The second-order valence-corrected chi connectivity index (χ2v) is 5.37. The van der Waals surface area contributed by atoms with Crippen molar-refractivity contribution in [3.05, 3.63) is 48.3 Å². The first-order chi connectivity index (χ1) is 10.0. The minimum Gasteiger partial charge on any atom is -0.480 e. The fraction of sp³-hybridized carbons (Fsp3) is 0.294. The van der Waals surface area contributed by atoms with Crippen LogP contribution in [-0.2, 0) is 4.79 Å². The van der Waals surface area contributed by atoms with E-state index in [4.69, 9.17) is 5.11 Å². The van der Waals surface area contributed by atoms with Crippen LogP contribution in [0, 0.1) is 0 Å². The fourth-order valence-corrected chi connectivity index (χ4v) is 2.29. The minimum absolute atomic E-state index is 0.388. The molecule has 0 fully saturated rings. The summed E-state index contributed by atoms with van der Waals surface area (Å²) in [4.78, 5) is 15.1. The van der Waals surface area contributed by atoms with E-state index in [9.17, 15) is 4.79 Å². The van der Waals surface area contributed by atoms with Crippen LogP contribution in [0.3, 0.4) is 0 Å². The Morgan fingerprint density at radius 2 is 1.86 bits per heavy atom. The molecular weight excluding hydrogens is 264 g/mol. The number of nitrogens with one attached hydrogen (secondary N) is 1. The van der Waals surface area contributed by atoms with Gasteiger partial charge in [0.25, 0.3) is 0 Å². The summed E-state index contributed by atoms with van der Waals surface area (Å²) in [7, 11) is 0. The lowest BCUT2D eigenvalue weighted by Gasteiger charge is -2.18. The van der Waals surface area contributed by atoms with Gasteiger partial charge in [0.1, 0.15) is 6.04 Å². The molecule has 4 heteroatoms. The largest absolute Gasteiger partial charge is 0.480 e. The lowest BCUT2D eigenvalue weighted by Crippen LogP contribution is -2.25. The van der Waals surface area contributed by atoms with E-state index in [-0.39, 0.29) is 0 Å². The van der Waals surface area contributed by atoms with Crippen molar-refractivity contribution in [1.82, 2.24) is 4.98 Å². The van der Waals surface area contributed by atoms with Crippen LogP contribution in [0.15, 0.2) is 42.7 Å². The zero-order valence-electron chi connectivity index (χ0n) is 12.5. The first-order valence-corrected chi connectivity index (χ1v) is 7.03. The average molecular weight is 284 g/mol. The van der Waals surface area contributed by atoms with E-state index < -0.39 is 12.0 Å². The van der Waals surface area contributed by atoms with Crippen molar-refractivity contribution in [1.29, 1.82) is 0 Å². The van der Waals surface area contributed by atoms with Gasteiger partial charge in [-0.05, 0) is 30.0 Å². The van der Waals surface area contributed by atoms with Crippen molar-refractivity contribution in [3.8, 4) is 11.1 Å². The Morgan fingerprint density at radius 1 is 1.14 bits per heavy atom. The van der Waals surface area contributed by atoms with Crippen LogP contribution in [0.5, 0.6) is 0 Å². The Balaban J connectivity index is 2.48. The van der Waals surface area contributed by atoms with Crippen LogP contribution >= 0.6 is 0 Å². The molecule has 4 nitrogen and oxygen atoms in total. The minimum atomic E-state index is -0.887. The molecule has 0 aliphatic heterocycles. The number of aromatic nitrogens is 1. The highest BCUT2D eigenvalue weighted by molar-refractivity contribution is 5.83. The lowest BCUT2D eigenvalue weighted by molar-refractivity contribution is -0.137. The molecule has 0 amide bonds. The predicted molar refractivity (Wildman–Crippen MR) is 84.5 cm³/mol. The monoisotopic (exact) mass is 284 g/mol. The Bertz CT molecular complexity index is 638. The highest BCUT2D eigenvalue weighted by Gasteiger charge is 2.15. The summed E-state index contributed by atoms with van der Waals surface area (Å²) >= 11 is 0. The smallest absolute Gasteiger partial charge is 0.325 e. The summed E-state index contributed by atoms with van der Waals surface area (Å²) in [6.45, 7) is 5.91. The van der Waals surface area contributed by atoms with Gasteiger partial charge in [0.05, 0.1) is 11.9 Å². The maximum absolute atomic E-state index is 11.0. The Labute approximate surface area is 124 Å². The maximum Gasteiger partial charge on any atom is 0.325 e. The number of pyridine rings is 1. The van der Waals surface area contributed by atoms with Crippen molar-refractivity contribution in [2.45, 2.75) is 32.7 Å². The number of carboxylic acid groups (broad SMARTS) is 1. The number of aliphatic carboxylic acids is 1. The van der Waals surface area contributed by atoms with Gasteiger partial charge in [-0.3, -0.25) is 9.78 Å². The normalized spacial score (nSPS) is 12.2. The zero-order chi connectivity index (χ0) is 15.4. The zero-order valence-corrected chi connectivity index (χ0v) is 12.5. The molecule has 1 heterocycles. The number of carboxylic acids is 1. The van der Waals surface area contributed by atoms with Gasteiger partial charge >= 0.3 is 5.97 Å². The molecule has 2 N–H and O–H groups in total. The molecule has 0 aliphatic carbocycles. The fourth-order valence-electron chi connectivity index (χ4n) is 2.29. The van der Waals surface area contributed by atoms with Crippen LogP contribution in [0.4, 0.5) is 5.69 Å². The van der Waals surface area contributed by atoms with Gasteiger partial charge < -0.3 is 10.4 Å². The molecule has 0 spiro atoms. The van der Waals surface area contributed by atoms with E-state index in [0.717, 1.165) is 16.8 Å². The van der Waals surface area contributed by atoms with Gasteiger partial charge in [0, 0.05) is 11.8 Å². The molecule has 21 heavy (non-hydrogen) atoms. The van der Waals surface area contributed by atoms with E-state index >= 15 is 0 Å². The van der Waals surface area contributed by atoms with Gasteiger partial charge in [-0.2, -0.15) is 0 Å². The number of carbonyl (C=O) groups is 1. The highest BCUT2D eigenvalue weighted by Crippen LogP contribution is 2.33.